The molecule has 2 amide bonds. The molecule has 0 unspecified atom stereocenters. The van der Waals surface area contributed by atoms with Gasteiger partial charge in [0.1, 0.15) is 22.9 Å². The Morgan fingerprint density at radius 1 is 0.935 bits per heavy atom. The fourth-order valence-electron chi connectivity index (χ4n) is 3.04. The fraction of sp³-hybridized carbons (Fsp3) is 0.263. The molecule has 1 N–H and O–H groups in total. The molecule has 0 aliphatic carbocycles. The summed E-state index contributed by atoms with van der Waals surface area (Å²) in [5, 5.41) is 2.77. The molecule has 0 bridgehead atoms. The maximum atomic E-state index is 12.9. The number of ether oxygens (including phenoxy) is 4. The lowest BCUT2D eigenvalue weighted by atomic mass is 10.2. The number of anilines is 1. The molecule has 0 fully saturated rings. The average molecular weight is 471 g/mol. The minimum absolute atomic E-state index is 0.115. The van der Waals surface area contributed by atoms with Gasteiger partial charge < -0.3 is 24.3 Å². The zero-order valence-electron chi connectivity index (χ0n) is 17.0. The quantitative estimate of drug-likeness (QED) is 0.653. The second-order valence-electron chi connectivity index (χ2n) is 6.26. The molecule has 166 valence electrons. The molecular formula is C19H19ClN2O8S. The molecule has 1 aliphatic heterocycles. The monoisotopic (exact) mass is 470 g/mol. The highest BCUT2D eigenvalue weighted by molar-refractivity contribution is 7.90. The van der Waals surface area contributed by atoms with Crippen LogP contribution in [0.5, 0.6) is 23.0 Å². The van der Waals surface area contributed by atoms with Gasteiger partial charge in [0.05, 0.1) is 44.7 Å². The Morgan fingerprint density at radius 2 is 1.52 bits per heavy atom. The van der Waals surface area contributed by atoms with Crippen molar-refractivity contribution in [3.8, 4) is 23.0 Å². The van der Waals surface area contributed by atoms with Crippen LogP contribution in [-0.4, -0.2) is 59.5 Å². The van der Waals surface area contributed by atoms with E-state index in [0.717, 1.165) is 0 Å². The van der Waals surface area contributed by atoms with Crippen LogP contribution in [0.1, 0.15) is 10.4 Å². The van der Waals surface area contributed by atoms with Crippen molar-refractivity contribution >= 4 is 39.1 Å². The predicted molar refractivity (Wildman–Crippen MR) is 111 cm³/mol. The minimum Gasteiger partial charge on any atom is -0.495 e. The number of halogens is 1. The number of fused-ring (bicyclic) bond motifs is 1. The summed E-state index contributed by atoms with van der Waals surface area (Å²) < 4.78 is 46.8. The zero-order chi connectivity index (χ0) is 22.9. The molecule has 1 aliphatic rings. The van der Waals surface area contributed by atoms with Crippen LogP contribution in [0.25, 0.3) is 0 Å². The van der Waals surface area contributed by atoms with Crippen molar-refractivity contribution in [2.24, 2.45) is 0 Å². The van der Waals surface area contributed by atoms with Crippen molar-refractivity contribution in [2.45, 2.75) is 4.90 Å². The van der Waals surface area contributed by atoms with Crippen molar-refractivity contribution in [3.63, 3.8) is 0 Å². The van der Waals surface area contributed by atoms with E-state index in [9.17, 15) is 18.0 Å². The standard InChI is InChI=1S/C19H19ClN2O8S/c1-27-13-7-12(14(28-2)6-11(13)20)21-18(23)9-22-19(24)10-5-15(29-3)16(30-4)8-17(10)31(22,25)26/h5-8H,9H2,1-4H3,(H,21,23). The Balaban J connectivity index is 1.90. The number of hydrogen-bond acceptors (Lipinski definition) is 8. The van der Waals surface area contributed by atoms with Crippen LogP contribution in [0.2, 0.25) is 5.02 Å². The van der Waals surface area contributed by atoms with Gasteiger partial charge in [0.25, 0.3) is 15.9 Å². The molecule has 0 atom stereocenters. The Labute approximate surface area is 183 Å². The first-order valence-electron chi connectivity index (χ1n) is 8.72. The van der Waals surface area contributed by atoms with Crippen LogP contribution in [0.15, 0.2) is 29.2 Å². The maximum absolute atomic E-state index is 12.9. The van der Waals surface area contributed by atoms with Crippen molar-refractivity contribution in [3.05, 3.63) is 34.9 Å². The number of amides is 2. The summed E-state index contributed by atoms with van der Waals surface area (Å²) in [5.74, 6) is -0.796. The van der Waals surface area contributed by atoms with Crippen molar-refractivity contribution < 1.29 is 37.0 Å². The predicted octanol–water partition coefficient (Wildman–Crippen LogP) is 2.16. The average Bonchev–Trinajstić information content (AvgIpc) is 2.93. The first-order valence-corrected chi connectivity index (χ1v) is 10.5. The fourth-order valence-corrected chi connectivity index (χ4v) is 4.79. The van der Waals surface area contributed by atoms with E-state index in [-0.39, 0.29) is 44.2 Å². The van der Waals surface area contributed by atoms with E-state index < -0.39 is 28.4 Å². The number of nitrogens with one attached hydrogen (secondary N) is 1. The number of methoxy groups -OCH3 is 4. The van der Waals surface area contributed by atoms with Gasteiger partial charge in [-0.15, -0.1) is 0 Å². The van der Waals surface area contributed by atoms with Gasteiger partial charge in [0, 0.05) is 18.2 Å². The van der Waals surface area contributed by atoms with Gasteiger partial charge in [-0.25, -0.2) is 12.7 Å². The van der Waals surface area contributed by atoms with E-state index in [0.29, 0.717) is 4.31 Å². The van der Waals surface area contributed by atoms with Crippen molar-refractivity contribution in [1.82, 2.24) is 4.31 Å². The summed E-state index contributed by atoms with van der Waals surface area (Å²) in [4.78, 5) is 25.1. The molecule has 0 saturated heterocycles. The van der Waals surface area contributed by atoms with Crippen LogP contribution in [0.3, 0.4) is 0 Å². The number of rotatable bonds is 7. The third-order valence-corrected chi connectivity index (χ3v) is 6.61. The number of carbonyl (C=O) groups is 2. The second-order valence-corrected chi connectivity index (χ2v) is 8.49. The van der Waals surface area contributed by atoms with E-state index in [2.05, 4.69) is 5.32 Å². The summed E-state index contributed by atoms with van der Waals surface area (Å²) in [6.45, 7) is -0.755. The van der Waals surface area contributed by atoms with Gasteiger partial charge in [0.15, 0.2) is 11.5 Å². The number of sulfonamides is 1. The van der Waals surface area contributed by atoms with Crippen LogP contribution in [0.4, 0.5) is 5.69 Å². The molecule has 3 rings (SSSR count). The zero-order valence-corrected chi connectivity index (χ0v) is 18.6. The van der Waals surface area contributed by atoms with Crippen LogP contribution >= 0.6 is 11.6 Å². The van der Waals surface area contributed by atoms with Gasteiger partial charge in [0.2, 0.25) is 5.91 Å². The van der Waals surface area contributed by atoms with Gasteiger partial charge in [-0.2, -0.15) is 0 Å². The molecule has 0 aromatic heterocycles. The molecule has 10 nitrogen and oxygen atoms in total. The molecule has 31 heavy (non-hydrogen) atoms. The second kappa shape index (κ2) is 8.52. The lowest BCUT2D eigenvalue weighted by Crippen LogP contribution is -2.37. The molecule has 0 saturated carbocycles. The Hall–Kier alpha value is -3.18. The normalized spacial score (nSPS) is 14.1. The molecule has 2 aromatic carbocycles. The molecule has 2 aromatic rings. The topological polar surface area (TPSA) is 120 Å². The van der Waals surface area contributed by atoms with Gasteiger partial charge in [-0.1, -0.05) is 11.6 Å². The molecule has 1 heterocycles. The van der Waals surface area contributed by atoms with Crippen molar-refractivity contribution in [1.29, 1.82) is 0 Å². The lowest BCUT2D eigenvalue weighted by molar-refractivity contribution is -0.116. The smallest absolute Gasteiger partial charge is 0.269 e. The van der Waals surface area contributed by atoms with Gasteiger partial charge in [-0.3, -0.25) is 9.59 Å². The van der Waals surface area contributed by atoms with Gasteiger partial charge in [-0.05, 0) is 6.07 Å². The number of benzene rings is 2. The molecule has 12 heteroatoms. The van der Waals surface area contributed by atoms with E-state index in [1.807, 2.05) is 0 Å². The summed E-state index contributed by atoms with van der Waals surface area (Å²) in [5.41, 5.74) is 0.0786. The highest BCUT2D eigenvalue weighted by atomic mass is 35.5. The third-order valence-electron chi connectivity index (χ3n) is 4.55. The van der Waals surface area contributed by atoms with Gasteiger partial charge >= 0.3 is 0 Å². The molecule has 0 radical (unpaired) electrons. The molecule has 0 spiro atoms. The first kappa shape index (κ1) is 22.5. The Kier molecular flexibility index (Phi) is 6.18. The highest BCUT2D eigenvalue weighted by Gasteiger charge is 2.43. The summed E-state index contributed by atoms with van der Waals surface area (Å²) in [6, 6.07) is 5.30. The molecular weight excluding hydrogens is 452 g/mol. The lowest BCUT2D eigenvalue weighted by Gasteiger charge is -2.16. The Morgan fingerprint density at radius 3 is 2.10 bits per heavy atom. The van der Waals surface area contributed by atoms with E-state index in [1.165, 1.54) is 52.7 Å². The Bertz CT molecular complexity index is 1170. The van der Waals surface area contributed by atoms with E-state index in [1.54, 1.807) is 0 Å². The summed E-state index contributed by atoms with van der Waals surface area (Å²) in [6.07, 6.45) is 0. The minimum atomic E-state index is -4.27. The van der Waals surface area contributed by atoms with Crippen LogP contribution < -0.4 is 24.3 Å². The maximum Gasteiger partial charge on any atom is 0.269 e. The van der Waals surface area contributed by atoms with E-state index >= 15 is 0 Å². The first-order chi connectivity index (χ1) is 14.7. The highest BCUT2D eigenvalue weighted by Crippen LogP contribution is 2.39. The number of hydrogen-bond donors (Lipinski definition) is 1. The largest absolute Gasteiger partial charge is 0.495 e. The van der Waals surface area contributed by atoms with Crippen molar-refractivity contribution in [2.75, 3.05) is 40.3 Å². The van der Waals surface area contributed by atoms with Crippen LogP contribution in [-0.2, 0) is 14.8 Å². The third kappa shape index (κ3) is 3.93. The summed E-state index contributed by atoms with van der Waals surface area (Å²) >= 11 is 6.04. The SMILES string of the molecule is COc1cc(NC(=O)CN2C(=O)c3cc(OC)c(OC)cc3S2(=O)=O)c(OC)cc1Cl. The number of carbonyl (C=O) groups excluding carboxylic acids is 2. The number of nitrogens with zero attached hydrogens (tertiary/aromatic N) is 1. The summed E-state index contributed by atoms with van der Waals surface area (Å²) in [7, 11) is 1.20. The van der Waals surface area contributed by atoms with Crippen LogP contribution in [0, 0.1) is 0 Å². The van der Waals surface area contributed by atoms with E-state index in [4.69, 9.17) is 30.5 Å².